The number of allylic oxidation sites excluding steroid dienone is 1. The molecule has 0 bridgehead atoms. The van der Waals surface area contributed by atoms with E-state index in [1.54, 1.807) is 45.6 Å². The smallest absolute Gasteiger partial charge is 0.408 e. The SMILES string of the molecule is C=CCCC(NC(=O)[C@@H]1C2C(CN1C(=O)[C@@H](NC(=O)OC(C)(C)C)C1CCCCC1)C2(C)C)C(=O)C(=O)NCCC(=O)OC(C)(C)C=C. The van der Waals surface area contributed by atoms with Gasteiger partial charge in [0, 0.05) is 13.1 Å². The number of alkyl carbamates (subject to hydrolysis) is 1. The fourth-order valence-electron chi connectivity index (χ4n) is 7.00. The molecule has 0 radical (unpaired) electrons. The maximum atomic E-state index is 14.3. The van der Waals surface area contributed by atoms with Crippen molar-refractivity contribution < 1.29 is 38.2 Å². The number of carbonyl (C=O) groups is 6. The molecule has 0 aromatic rings. The van der Waals surface area contributed by atoms with E-state index in [1.165, 1.54) is 6.08 Å². The fraction of sp³-hybridized carbons (Fsp3) is 0.722. The summed E-state index contributed by atoms with van der Waals surface area (Å²) in [6, 6.07) is -2.91. The third-order valence-corrected chi connectivity index (χ3v) is 9.82. The summed E-state index contributed by atoms with van der Waals surface area (Å²) in [5.74, 6) is -3.41. The summed E-state index contributed by atoms with van der Waals surface area (Å²) in [7, 11) is 0. The van der Waals surface area contributed by atoms with Gasteiger partial charge in [0.25, 0.3) is 5.91 Å². The number of piperidine rings is 1. The van der Waals surface area contributed by atoms with Crippen LogP contribution in [0.4, 0.5) is 4.79 Å². The van der Waals surface area contributed by atoms with Gasteiger partial charge in [0.15, 0.2) is 0 Å². The lowest BCUT2D eigenvalue weighted by atomic mass is 9.83. The van der Waals surface area contributed by atoms with Crippen molar-refractivity contribution in [3.8, 4) is 0 Å². The topological polar surface area (TPSA) is 160 Å². The Morgan fingerprint density at radius 3 is 2.19 bits per heavy atom. The molecule has 1 saturated heterocycles. The van der Waals surface area contributed by atoms with Gasteiger partial charge in [-0.3, -0.25) is 24.0 Å². The Bertz CT molecular complexity index is 1260. The van der Waals surface area contributed by atoms with Crippen molar-refractivity contribution in [2.45, 2.75) is 129 Å². The molecule has 3 fully saturated rings. The molecule has 12 nitrogen and oxygen atoms in total. The number of rotatable bonds is 15. The summed E-state index contributed by atoms with van der Waals surface area (Å²) in [5, 5.41) is 8.06. The van der Waals surface area contributed by atoms with E-state index in [4.69, 9.17) is 9.47 Å². The first-order chi connectivity index (χ1) is 22.3. The molecule has 3 aliphatic rings. The van der Waals surface area contributed by atoms with Gasteiger partial charge in [-0.1, -0.05) is 45.8 Å². The van der Waals surface area contributed by atoms with Crippen LogP contribution in [0.1, 0.15) is 99.8 Å². The van der Waals surface area contributed by atoms with E-state index in [9.17, 15) is 28.8 Å². The van der Waals surface area contributed by atoms with Gasteiger partial charge in [-0.05, 0) is 89.5 Å². The van der Waals surface area contributed by atoms with E-state index < -0.39 is 59.0 Å². The lowest BCUT2D eigenvalue weighted by Crippen LogP contribution is -2.59. The maximum Gasteiger partial charge on any atom is 0.408 e. The van der Waals surface area contributed by atoms with Gasteiger partial charge in [0.05, 0.1) is 12.5 Å². The highest BCUT2D eigenvalue weighted by atomic mass is 16.6. The predicted octanol–water partition coefficient (Wildman–Crippen LogP) is 3.98. The van der Waals surface area contributed by atoms with E-state index in [2.05, 4.69) is 43.0 Å². The number of likely N-dealkylation sites (tertiary alicyclic amines) is 1. The second-order valence-corrected chi connectivity index (χ2v) is 15.5. The highest BCUT2D eigenvalue weighted by molar-refractivity contribution is 6.38. The van der Waals surface area contributed by atoms with Gasteiger partial charge in [0.1, 0.15) is 23.3 Å². The Labute approximate surface area is 285 Å². The fourth-order valence-corrected chi connectivity index (χ4v) is 7.00. The van der Waals surface area contributed by atoms with Crippen molar-refractivity contribution in [1.82, 2.24) is 20.9 Å². The molecule has 0 aromatic carbocycles. The third-order valence-electron chi connectivity index (χ3n) is 9.82. The summed E-state index contributed by atoms with van der Waals surface area (Å²) >= 11 is 0. The van der Waals surface area contributed by atoms with Gasteiger partial charge in [0.2, 0.25) is 17.6 Å². The van der Waals surface area contributed by atoms with Gasteiger partial charge in [-0.25, -0.2) is 4.79 Å². The van der Waals surface area contributed by atoms with E-state index in [0.29, 0.717) is 13.0 Å². The van der Waals surface area contributed by atoms with Crippen molar-refractivity contribution >= 4 is 35.6 Å². The van der Waals surface area contributed by atoms with Crippen LogP contribution >= 0.6 is 0 Å². The molecule has 3 N–H and O–H groups in total. The van der Waals surface area contributed by atoms with Crippen LogP contribution in [0, 0.1) is 23.2 Å². The summed E-state index contributed by atoms with van der Waals surface area (Å²) < 4.78 is 10.8. The normalized spacial score (nSPS) is 23.1. The molecule has 3 rings (SSSR count). The first-order valence-electron chi connectivity index (χ1n) is 17.2. The Morgan fingerprint density at radius 2 is 1.60 bits per heavy atom. The lowest BCUT2D eigenvalue weighted by Gasteiger charge is -2.37. The molecule has 1 aliphatic heterocycles. The minimum Gasteiger partial charge on any atom is -0.455 e. The monoisotopic (exact) mass is 672 g/mol. The first-order valence-corrected chi connectivity index (χ1v) is 17.2. The summed E-state index contributed by atoms with van der Waals surface area (Å²) in [4.78, 5) is 81.1. The van der Waals surface area contributed by atoms with Crippen molar-refractivity contribution in [1.29, 1.82) is 0 Å². The Balaban J connectivity index is 1.76. The number of hydrogen-bond donors (Lipinski definition) is 3. The van der Waals surface area contributed by atoms with Gasteiger partial charge in [-0.15, -0.1) is 6.58 Å². The second-order valence-electron chi connectivity index (χ2n) is 15.5. The van der Waals surface area contributed by atoms with Crippen LogP contribution in [0.3, 0.4) is 0 Å². The summed E-state index contributed by atoms with van der Waals surface area (Å²) in [6.45, 7) is 20.2. The summed E-state index contributed by atoms with van der Waals surface area (Å²) in [6.07, 6.45) is 7.18. The largest absolute Gasteiger partial charge is 0.455 e. The number of ketones is 1. The number of nitrogens with zero attached hydrogens (tertiary/aromatic N) is 1. The average molecular weight is 673 g/mol. The van der Waals surface area contributed by atoms with E-state index in [0.717, 1.165) is 32.1 Å². The molecule has 2 saturated carbocycles. The van der Waals surface area contributed by atoms with Crippen LogP contribution in [0.15, 0.2) is 25.3 Å². The molecule has 0 spiro atoms. The maximum absolute atomic E-state index is 14.3. The zero-order chi connectivity index (χ0) is 36.0. The number of carbonyl (C=O) groups excluding carboxylic acids is 6. The first kappa shape index (κ1) is 38.7. The molecule has 3 unspecified atom stereocenters. The molecule has 5 atom stereocenters. The van der Waals surface area contributed by atoms with Crippen molar-refractivity contribution in [3.05, 3.63) is 25.3 Å². The molecule has 2 aliphatic carbocycles. The van der Waals surface area contributed by atoms with Gasteiger partial charge >= 0.3 is 12.1 Å². The van der Waals surface area contributed by atoms with E-state index in [-0.39, 0.29) is 48.5 Å². The zero-order valence-corrected chi connectivity index (χ0v) is 29.8. The second kappa shape index (κ2) is 15.7. The zero-order valence-electron chi connectivity index (χ0n) is 29.8. The van der Waals surface area contributed by atoms with Crippen LogP contribution in [-0.4, -0.2) is 82.9 Å². The molecular formula is C36H56N4O8. The van der Waals surface area contributed by atoms with Crippen LogP contribution in [0.5, 0.6) is 0 Å². The molecule has 0 aromatic heterocycles. The van der Waals surface area contributed by atoms with Crippen molar-refractivity contribution in [2.75, 3.05) is 13.1 Å². The number of amides is 4. The van der Waals surface area contributed by atoms with Gasteiger partial charge in [-0.2, -0.15) is 0 Å². The van der Waals surface area contributed by atoms with E-state index in [1.807, 2.05) is 0 Å². The number of hydrogen-bond acceptors (Lipinski definition) is 8. The summed E-state index contributed by atoms with van der Waals surface area (Å²) in [5.41, 5.74) is -1.83. The Morgan fingerprint density at radius 1 is 0.958 bits per heavy atom. The molecular weight excluding hydrogens is 616 g/mol. The molecule has 12 heteroatoms. The van der Waals surface area contributed by atoms with Gasteiger partial charge < -0.3 is 30.3 Å². The highest BCUT2D eigenvalue weighted by Crippen LogP contribution is 2.65. The molecule has 1 heterocycles. The average Bonchev–Trinajstić information content (AvgIpc) is 3.32. The number of Topliss-reactive ketones (excluding diaryl/α,β-unsaturated/α-hetero) is 1. The van der Waals surface area contributed by atoms with Crippen LogP contribution in [0.2, 0.25) is 0 Å². The van der Waals surface area contributed by atoms with Crippen LogP contribution in [-0.2, 0) is 33.4 Å². The third kappa shape index (κ3) is 9.92. The van der Waals surface area contributed by atoms with Crippen LogP contribution in [0.25, 0.3) is 0 Å². The highest BCUT2D eigenvalue weighted by Gasteiger charge is 2.69. The lowest BCUT2D eigenvalue weighted by molar-refractivity contribution is -0.152. The predicted molar refractivity (Wildman–Crippen MR) is 180 cm³/mol. The Kier molecular flexibility index (Phi) is 12.7. The molecule has 4 amide bonds. The van der Waals surface area contributed by atoms with Crippen LogP contribution < -0.4 is 16.0 Å². The van der Waals surface area contributed by atoms with Crippen molar-refractivity contribution in [3.63, 3.8) is 0 Å². The minimum atomic E-state index is -1.17. The minimum absolute atomic E-state index is 0.0715. The van der Waals surface area contributed by atoms with E-state index >= 15 is 0 Å². The molecule has 48 heavy (non-hydrogen) atoms. The number of nitrogens with one attached hydrogen (secondary N) is 3. The quantitative estimate of drug-likeness (QED) is 0.134. The molecule has 268 valence electrons. The number of fused-ring (bicyclic) bond motifs is 1. The number of esters is 1. The Hall–Kier alpha value is -3.70. The standard InChI is InChI=1S/C36H56N4O8/c1-10-12-18-24(29(42)31(44)37-20-19-25(41)47-35(6,7)11-2)38-30(43)28-26-23(36(26,8)9)21-40(28)32(45)27(22-16-14-13-15-17-22)39-33(46)48-34(3,4)5/h10-11,22-24,26-28H,1-2,12-21H2,3-9H3,(H,37,44)(H,38,43)(H,39,46)/t23?,24?,26?,27-,28-/m0/s1. The number of ether oxygens (including phenoxy) is 2. The van der Waals surface area contributed by atoms with Crippen molar-refractivity contribution in [2.24, 2.45) is 23.2 Å².